The molecule has 0 radical (unpaired) electrons. The molecule has 7 nitrogen and oxygen atoms in total. The van der Waals surface area contributed by atoms with E-state index in [1.54, 1.807) is 6.92 Å². The zero-order valence-corrected chi connectivity index (χ0v) is 14.8. The number of carbonyl (C=O) groups is 2. The second-order valence-electron chi connectivity index (χ2n) is 5.64. The Balaban J connectivity index is 2.07. The molecule has 23 heavy (non-hydrogen) atoms. The van der Waals surface area contributed by atoms with Crippen molar-refractivity contribution < 1.29 is 14.3 Å². The molecule has 1 aromatic heterocycles. The van der Waals surface area contributed by atoms with E-state index in [0.29, 0.717) is 0 Å². The van der Waals surface area contributed by atoms with Gasteiger partial charge in [0.05, 0.1) is 23.6 Å². The second kappa shape index (κ2) is 7.83. The predicted octanol–water partition coefficient (Wildman–Crippen LogP) is 1.62. The van der Waals surface area contributed by atoms with E-state index in [4.69, 9.17) is 4.74 Å². The Kier molecular flexibility index (Phi) is 6.06. The molecule has 1 aromatic rings. The van der Waals surface area contributed by atoms with Crippen molar-refractivity contribution in [3.63, 3.8) is 0 Å². The zero-order valence-electron chi connectivity index (χ0n) is 14.0. The first-order chi connectivity index (χ1) is 10.9. The Hall–Kier alpha value is -1.54. The second-order valence-corrected chi connectivity index (χ2v) is 6.95. The molecule has 2 atom stereocenters. The van der Waals surface area contributed by atoms with Crippen LogP contribution in [0.25, 0.3) is 0 Å². The number of carbonyl (C=O) groups excluding carboxylic acids is 2. The number of aromatic nitrogens is 2. The average molecular weight is 340 g/mol. The highest BCUT2D eigenvalue weighted by Gasteiger charge is 2.23. The summed E-state index contributed by atoms with van der Waals surface area (Å²) < 4.78 is 7.82. The Morgan fingerprint density at radius 3 is 2.83 bits per heavy atom. The van der Waals surface area contributed by atoms with Gasteiger partial charge >= 0.3 is 6.03 Å². The first-order valence-electron chi connectivity index (χ1n) is 7.77. The topological polar surface area (TPSA) is 85.3 Å². The zero-order chi connectivity index (χ0) is 17.0. The van der Waals surface area contributed by atoms with Crippen LogP contribution in [0.4, 0.5) is 4.79 Å². The van der Waals surface area contributed by atoms with Crippen LogP contribution in [0.1, 0.15) is 31.2 Å². The fourth-order valence-electron chi connectivity index (χ4n) is 2.41. The standard InChI is InChI=1S/C15H24N4O3S/c1-9-10(2)19(8-12-6-5-7-22-12)15(17-9)23-11(3)13(20)18-14(21)16-4/h11-12H,5-8H2,1-4H3,(H2,16,18,20,21)/t11-,12+/m1/s1. The van der Waals surface area contributed by atoms with Crippen molar-refractivity contribution >= 4 is 23.7 Å². The van der Waals surface area contributed by atoms with E-state index in [2.05, 4.69) is 20.2 Å². The number of rotatable bonds is 5. The van der Waals surface area contributed by atoms with E-state index >= 15 is 0 Å². The van der Waals surface area contributed by atoms with E-state index in [1.165, 1.54) is 18.8 Å². The van der Waals surface area contributed by atoms with Gasteiger partial charge in [-0.05, 0) is 33.6 Å². The largest absolute Gasteiger partial charge is 0.376 e. The molecule has 1 aliphatic rings. The van der Waals surface area contributed by atoms with E-state index in [-0.39, 0.29) is 12.0 Å². The molecule has 0 saturated carbocycles. The summed E-state index contributed by atoms with van der Waals surface area (Å²) >= 11 is 1.35. The number of imide groups is 1. The molecule has 1 fully saturated rings. The van der Waals surface area contributed by atoms with E-state index in [0.717, 1.165) is 42.5 Å². The van der Waals surface area contributed by atoms with Crippen LogP contribution in [0.3, 0.4) is 0 Å². The van der Waals surface area contributed by atoms with Crippen molar-refractivity contribution in [2.45, 2.75) is 56.7 Å². The fraction of sp³-hybridized carbons (Fsp3) is 0.667. The van der Waals surface area contributed by atoms with Crippen LogP contribution in [0.15, 0.2) is 5.16 Å². The van der Waals surface area contributed by atoms with Gasteiger partial charge in [-0.2, -0.15) is 0 Å². The van der Waals surface area contributed by atoms with Gasteiger partial charge in [-0.1, -0.05) is 11.8 Å². The first kappa shape index (κ1) is 17.8. The molecule has 8 heteroatoms. The summed E-state index contributed by atoms with van der Waals surface area (Å²) in [6.45, 7) is 7.31. The third kappa shape index (κ3) is 4.48. The molecular formula is C15H24N4O3S. The van der Waals surface area contributed by atoms with Crippen LogP contribution in [-0.2, 0) is 16.1 Å². The molecule has 2 rings (SSSR count). The van der Waals surface area contributed by atoms with Gasteiger partial charge in [0.25, 0.3) is 0 Å². The number of urea groups is 1. The SMILES string of the molecule is CNC(=O)NC(=O)[C@@H](C)Sc1nc(C)c(C)n1C[C@@H]1CCCO1. The highest BCUT2D eigenvalue weighted by atomic mass is 32.2. The molecule has 128 valence electrons. The van der Waals surface area contributed by atoms with Gasteiger partial charge in [0, 0.05) is 19.3 Å². The minimum atomic E-state index is -0.502. The van der Waals surface area contributed by atoms with Crippen molar-refractivity contribution in [3.05, 3.63) is 11.4 Å². The summed E-state index contributed by atoms with van der Waals surface area (Å²) in [6, 6.07) is -0.502. The number of nitrogens with zero attached hydrogens (tertiary/aromatic N) is 2. The van der Waals surface area contributed by atoms with Gasteiger partial charge in [-0.15, -0.1) is 0 Å². The Morgan fingerprint density at radius 2 is 2.22 bits per heavy atom. The highest BCUT2D eigenvalue weighted by Crippen LogP contribution is 2.27. The lowest BCUT2D eigenvalue weighted by atomic mass is 10.2. The monoisotopic (exact) mass is 340 g/mol. The molecular weight excluding hydrogens is 316 g/mol. The van der Waals surface area contributed by atoms with Crippen molar-refractivity contribution in [1.29, 1.82) is 0 Å². The molecule has 3 amide bonds. The summed E-state index contributed by atoms with van der Waals surface area (Å²) in [5.41, 5.74) is 2.03. The molecule has 0 aromatic carbocycles. The van der Waals surface area contributed by atoms with Gasteiger partial charge < -0.3 is 14.6 Å². The Bertz CT molecular complexity index is 582. The Labute approximate surface area is 140 Å². The number of aryl methyl sites for hydroxylation is 1. The van der Waals surface area contributed by atoms with E-state index in [1.807, 2.05) is 13.8 Å². The smallest absolute Gasteiger partial charge is 0.321 e. The first-order valence-corrected chi connectivity index (χ1v) is 8.65. The van der Waals surface area contributed by atoms with Gasteiger partial charge in [0.1, 0.15) is 0 Å². The van der Waals surface area contributed by atoms with Crippen LogP contribution in [0.2, 0.25) is 0 Å². The summed E-state index contributed by atoms with van der Waals surface area (Å²) in [5.74, 6) is -0.337. The normalized spacial score (nSPS) is 18.7. The third-order valence-corrected chi connectivity index (χ3v) is 5.04. The quantitative estimate of drug-likeness (QED) is 0.796. The van der Waals surface area contributed by atoms with Crippen molar-refractivity contribution in [2.75, 3.05) is 13.7 Å². The maximum atomic E-state index is 12.0. The lowest BCUT2D eigenvalue weighted by Gasteiger charge is -2.16. The number of imidazole rings is 1. The van der Waals surface area contributed by atoms with Gasteiger partial charge in [-0.3, -0.25) is 10.1 Å². The van der Waals surface area contributed by atoms with Crippen LogP contribution >= 0.6 is 11.8 Å². The summed E-state index contributed by atoms with van der Waals surface area (Å²) in [5, 5.41) is 5.03. The molecule has 0 unspecified atom stereocenters. The van der Waals surface area contributed by atoms with Crippen LogP contribution < -0.4 is 10.6 Å². The molecule has 1 aliphatic heterocycles. The average Bonchev–Trinajstić information content (AvgIpc) is 3.11. The van der Waals surface area contributed by atoms with Crippen LogP contribution in [0, 0.1) is 13.8 Å². The van der Waals surface area contributed by atoms with Crippen molar-refractivity contribution in [3.8, 4) is 0 Å². The molecule has 0 spiro atoms. The molecule has 0 bridgehead atoms. The number of ether oxygens (including phenoxy) is 1. The number of thioether (sulfide) groups is 1. The number of hydrogen-bond acceptors (Lipinski definition) is 5. The molecule has 1 saturated heterocycles. The minimum Gasteiger partial charge on any atom is -0.376 e. The minimum absolute atomic E-state index is 0.205. The number of nitrogens with one attached hydrogen (secondary N) is 2. The van der Waals surface area contributed by atoms with Crippen LogP contribution in [0.5, 0.6) is 0 Å². The summed E-state index contributed by atoms with van der Waals surface area (Å²) in [4.78, 5) is 27.8. The fourth-order valence-corrected chi connectivity index (χ4v) is 3.42. The van der Waals surface area contributed by atoms with Crippen molar-refractivity contribution in [1.82, 2.24) is 20.2 Å². The lowest BCUT2D eigenvalue weighted by Crippen LogP contribution is -2.41. The molecule has 2 N–H and O–H groups in total. The Morgan fingerprint density at radius 1 is 1.48 bits per heavy atom. The van der Waals surface area contributed by atoms with Gasteiger partial charge in [0.2, 0.25) is 5.91 Å². The maximum absolute atomic E-state index is 12.0. The third-order valence-electron chi connectivity index (χ3n) is 3.95. The lowest BCUT2D eigenvalue weighted by molar-refractivity contribution is -0.119. The van der Waals surface area contributed by atoms with Crippen LogP contribution in [-0.4, -0.2) is 46.5 Å². The molecule has 0 aliphatic carbocycles. The number of hydrogen-bond donors (Lipinski definition) is 2. The summed E-state index contributed by atoms with van der Waals surface area (Å²) in [6.07, 6.45) is 2.34. The van der Waals surface area contributed by atoms with Gasteiger partial charge in [-0.25, -0.2) is 9.78 Å². The van der Waals surface area contributed by atoms with E-state index in [9.17, 15) is 9.59 Å². The van der Waals surface area contributed by atoms with Gasteiger partial charge in [0.15, 0.2) is 5.16 Å². The number of amides is 3. The predicted molar refractivity (Wildman–Crippen MR) is 88.6 cm³/mol. The van der Waals surface area contributed by atoms with E-state index < -0.39 is 11.3 Å². The van der Waals surface area contributed by atoms with Crippen molar-refractivity contribution in [2.24, 2.45) is 0 Å². The maximum Gasteiger partial charge on any atom is 0.321 e. The molecule has 2 heterocycles. The highest BCUT2D eigenvalue weighted by molar-refractivity contribution is 8.00. The summed E-state index contributed by atoms with van der Waals surface area (Å²) in [7, 11) is 1.47.